The van der Waals surface area contributed by atoms with Crippen molar-refractivity contribution in [2.24, 2.45) is 0 Å². The van der Waals surface area contributed by atoms with Crippen LogP contribution in [-0.2, 0) is 19.2 Å². The molecule has 0 saturated carbocycles. The van der Waals surface area contributed by atoms with Crippen molar-refractivity contribution in [3.8, 4) is 0 Å². The number of unbranched alkanes of at least 4 members (excludes halogenated alkanes) is 7. The number of carbonyl (C=O) groups excluding carboxylic acids is 4. The molecule has 4 amide bonds. The second-order valence-electron chi connectivity index (χ2n) is 9.44. The predicted molar refractivity (Wildman–Crippen MR) is 129 cm³/mol. The smallest absolute Gasteiger partial charge is 0.248 e. The number of hydrogen-bond donors (Lipinski definition) is 3. The van der Waals surface area contributed by atoms with Crippen molar-refractivity contribution in [2.75, 3.05) is 52.9 Å². The van der Waals surface area contributed by atoms with E-state index in [1.54, 1.807) is 0 Å². The molecule has 1 unspecified atom stereocenters. The number of rotatable bonds is 14. The highest BCUT2D eigenvalue weighted by atomic mass is 16.3. The maximum absolute atomic E-state index is 12.5. The number of likely N-dealkylation sites (N-methyl/N-ethyl adjacent to an activating group) is 1. The van der Waals surface area contributed by atoms with E-state index in [1.165, 1.54) is 23.8 Å². The minimum absolute atomic E-state index is 0.143. The number of amides is 4. The molecule has 0 bridgehead atoms. The Kier molecular flexibility index (Phi) is 12.3. The molecule has 0 radical (unpaired) electrons. The van der Waals surface area contributed by atoms with Crippen LogP contribution >= 0.6 is 0 Å². The molecular weight excluding hydrogens is 438 g/mol. The Bertz CT molecular complexity index is 681. The number of nitrogens with zero attached hydrogens (tertiary/aromatic N) is 3. The summed E-state index contributed by atoms with van der Waals surface area (Å²) < 4.78 is 0. The van der Waals surface area contributed by atoms with Crippen LogP contribution in [0.4, 0.5) is 0 Å². The van der Waals surface area contributed by atoms with E-state index in [9.17, 15) is 24.3 Å². The Balaban J connectivity index is 1.45. The molecule has 0 aromatic rings. The monoisotopic (exact) mass is 481 g/mol. The molecule has 10 heteroatoms. The average Bonchev–Trinajstić information content (AvgIpc) is 2.81. The van der Waals surface area contributed by atoms with Gasteiger partial charge in [-0.3, -0.25) is 19.2 Å². The zero-order valence-corrected chi connectivity index (χ0v) is 20.9. The summed E-state index contributed by atoms with van der Waals surface area (Å²) in [6, 6.07) is -0.943. The fourth-order valence-corrected chi connectivity index (χ4v) is 4.52. The van der Waals surface area contributed by atoms with E-state index in [0.717, 1.165) is 77.5 Å². The topological polar surface area (TPSA) is 122 Å². The lowest BCUT2D eigenvalue weighted by Gasteiger charge is -2.39. The van der Waals surface area contributed by atoms with E-state index in [4.69, 9.17) is 0 Å². The zero-order valence-electron chi connectivity index (χ0n) is 20.9. The molecule has 2 heterocycles. The maximum atomic E-state index is 12.5. The Morgan fingerprint density at radius 1 is 1.03 bits per heavy atom. The lowest BCUT2D eigenvalue weighted by Crippen LogP contribution is -2.63. The van der Waals surface area contributed by atoms with Crippen molar-refractivity contribution in [1.82, 2.24) is 25.3 Å². The Labute approximate surface area is 203 Å². The van der Waals surface area contributed by atoms with Crippen molar-refractivity contribution in [3.05, 3.63) is 0 Å². The van der Waals surface area contributed by atoms with Crippen LogP contribution in [0.3, 0.4) is 0 Å². The molecule has 0 aromatic carbocycles. The SMILES string of the molecule is C[C@@H](O)C1C(=O)N(CC(=O)NCCCCCCCCCCC(=O)N2CCNCC2)CC(=O)N1C. The number of piperazine rings is 2. The summed E-state index contributed by atoms with van der Waals surface area (Å²) >= 11 is 0. The van der Waals surface area contributed by atoms with Crippen LogP contribution in [0, 0.1) is 0 Å². The summed E-state index contributed by atoms with van der Waals surface area (Å²) in [6.45, 7) is 5.16. The van der Waals surface area contributed by atoms with Crippen LogP contribution in [0.25, 0.3) is 0 Å². The normalized spacial score (nSPS) is 20.0. The summed E-state index contributed by atoms with van der Waals surface area (Å²) in [7, 11) is 1.49. The van der Waals surface area contributed by atoms with Gasteiger partial charge >= 0.3 is 0 Å². The molecule has 2 saturated heterocycles. The lowest BCUT2D eigenvalue weighted by molar-refractivity contribution is -0.159. The molecule has 2 atom stereocenters. The highest BCUT2D eigenvalue weighted by Crippen LogP contribution is 2.14. The third-order valence-electron chi connectivity index (χ3n) is 6.60. The van der Waals surface area contributed by atoms with Crippen LogP contribution in [0.2, 0.25) is 0 Å². The van der Waals surface area contributed by atoms with Crippen molar-refractivity contribution < 1.29 is 24.3 Å². The van der Waals surface area contributed by atoms with E-state index in [1.807, 2.05) is 4.90 Å². The molecule has 2 aliphatic rings. The van der Waals surface area contributed by atoms with Crippen molar-refractivity contribution in [2.45, 2.75) is 76.9 Å². The van der Waals surface area contributed by atoms with Gasteiger partial charge in [0.25, 0.3) is 0 Å². The minimum atomic E-state index is -0.993. The molecule has 0 aliphatic carbocycles. The van der Waals surface area contributed by atoms with Gasteiger partial charge in [0.2, 0.25) is 23.6 Å². The molecule has 0 aromatic heterocycles. The maximum Gasteiger partial charge on any atom is 0.248 e. The molecule has 2 fully saturated rings. The fourth-order valence-electron chi connectivity index (χ4n) is 4.52. The van der Waals surface area contributed by atoms with E-state index in [0.29, 0.717) is 13.0 Å². The molecule has 10 nitrogen and oxygen atoms in total. The van der Waals surface area contributed by atoms with E-state index in [-0.39, 0.29) is 30.8 Å². The van der Waals surface area contributed by atoms with Crippen molar-refractivity contribution in [1.29, 1.82) is 0 Å². The molecule has 2 rings (SSSR count). The lowest BCUT2D eigenvalue weighted by atomic mass is 10.1. The largest absolute Gasteiger partial charge is 0.391 e. The number of aliphatic hydroxyl groups excluding tert-OH is 1. The van der Waals surface area contributed by atoms with Gasteiger partial charge in [0.1, 0.15) is 19.1 Å². The Hall–Kier alpha value is -2.20. The summed E-state index contributed by atoms with van der Waals surface area (Å²) in [6.07, 6.45) is 8.20. The number of hydrogen-bond acceptors (Lipinski definition) is 6. The summed E-state index contributed by atoms with van der Waals surface area (Å²) in [5.74, 6) is -0.690. The third-order valence-corrected chi connectivity index (χ3v) is 6.60. The second kappa shape index (κ2) is 14.9. The zero-order chi connectivity index (χ0) is 24.9. The second-order valence-corrected chi connectivity index (χ2v) is 9.44. The first-order valence-electron chi connectivity index (χ1n) is 12.8. The van der Waals surface area contributed by atoms with Gasteiger partial charge in [0.15, 0.2) is 0 Å². The molecular formula is C24H43N5O5. The highest BCUT2D eigenvalue weighted by molar-refractivity contribution is 5.97. The van der Waals surface area contributed by atoms with Gasteiger partial charge in [-0.2, -0.15) is 0 Å². The molecule has 194 valence electrons. The number of carbonyl (C=O) groups is 4. The standard InChI is InChI=1S/C24H43N5O5/c1-19(30)23-24(34)29(18-22(33)27(23)2)17-20(31)26-12-10-8-6-4-3-5-7-9-11-21(32)28-15-13-25-14-16-28/h19,23,25,30H,3-18H2,1-2H3,(H,26,31)/t19-,23?/m1/s1. The summed E-state index contributed by atoms with van der Waals surface area (Å²) in [4.78, 5) is 53.2. The van der Waals surface area contributed by atoms with Crippen molar-refractivity contribution >= 4 is 23.6 Å². The average molecular weight is 482 g/mol. The first-order valence-corrected chi connectivity index (χ1v) is 12.8. The van der Waals surface area contributed by atoms with Crippen LogP contribution in [0.5, 0.6) is 0 Å². The number of aliphatic hydroxyl groups is 1. The van der Waals surface area contributed by atoms with Gasteiger partial charge in [-0.15, -0.1) is 0 Å². The fraction of sp³-hybridized carbons (Fsp3) is 0.833. The summed E-state index contributed by atoms with van der Waals surface area (Å²) in [5.41, 5.74) is 0. The van der Waals surface area contributed by atoms with Crippen LogP contribution < -0.4 is 10.6 Å². The van der Waals surface area contributed by atoms with Crippen LogP contribution in [0.15, 0.2) is 0 Å². The third kappa shape index (κ3) is 9.21. The quantitative estimate of drug-likeness (QED) is 0.303. The van der Waals surface area contributed by atoms with Gasteiger partial charge in [-0.1, -0.05) is 38.5 Å². The van der Waals surface area contributed by atoms with E-state index < -0.39 is 18.1 Å². The first-order chi connectivity index (χ1) is 16.3. The van der Waals surface area contributed by atoms with Gasteiger partial charge in [-0.25, -0.2) is 0 Å². The highest BCUT2D eigenvalue weighted by Gasteiger charge is 2.40. The molecule has 2 aliphatic heterocycles. The molecule has 3 N–H and O–H groups in total. The number of nitrogens with one attached hydrogen (secondary N) is 2. The van der Waals surface area contributed by atoms with E-state index >= 15 is 0 Å². The van der Waals surface area contributed by atoms with Gasteiger partial charge < -0.3 is 30.4 Å². The molecule has 34 heavy (non-hydrogen) atoms. The predicted octanol–water partition coefficient (Wildman–Crippen LogP) is 0.0953. The van der Waals surface area contributed by atoms with Gasteiger partial charge in [0, 0.05) is 46.2 Å². The Morgan fingerprint density at radius 2 is 1.62 bits per heavy atom. The van der Waals surface area contributed by atoms with Crippen molar-refractivity contribution in [3.63, 3.8) is 0 Å². The summed E-state index contributed by atoms with van der Waals surface area (Å²) in [5, 5.41) is 15.9. The van der Waals surface area contributed by atoms with Gasteiger partial charge in [0.05, 0.1) is 6.10 Å². The van der Waals surface area contributed by atoms with Crippen LogP contribution in [0.1, 0.15) is 64.7 Å². The Morgan fingerprint density at radius 3 is 2.24 bits per heavy atom. The first kappa shape index (κ1) is 28.0. The van der Waals surface area contributed by atoms with E-state index in [2.05, 4.69) is 10.6 Å². The minimum Gasteiger partial charge on any atom is -0.391 e. The van der Waals surface area contributed by atoms with Gasteiger partial charge in [-0.05, 0) is 19.8 Å². The molecule has 0 spiro atoms. The van der Waals surface area contributed by atoms with Crippen LogP contribution in [-0.4, -0.2) is 108 Å².